The molecule has 4 rings (SSSR count). The van der Waals surface area contributed by atoms with Gasteiger partial charge in [0.05, 0.1) is 31.3 Å². The third-order valence-corrected chi connectivity index (χ3v) is 6.06. The monoisotopic (exact) mass is 382 g/mol. The largest absolute Gasteiger partial charge is 0.373 e. The molecule has 6 heteroatoms. The van der Waals surface area contributed by atoms with Gasteiger partial charge in [-0.15, -0.1) is 0 Å². The van der Waals surface area contributed by atoms with E-state index in [0.717, 1.165) is 19.5 Å². The highest BCUT2D eigenvalue weighted by molar-refractivity contribution is 5.92. The number of rotatable bonds is 4. The lowest BCUT2D eigenvalue weighted by Crippen LogP contribution is -2.58. The maximum absolute atomic E-state index is 13.3. The first-order valence-electron chi connectivity index (χ1n) is 10.3. The highest BCUT2D eigenvalue weighted by atomic mass is 16.5. The van der Waals surface area contributed by atoms with Crippen LogP contribution in [0.15, 0.2) is 36.8 Å². The van der Waals surface area contributed by atoms with Crippen molar-refractivity contribution in [2.75, 3.05) is 26.2 Å². The number of imidazole rings is 1. The zero-order valence-electron chi connectivity index (χ0n) is 17.0. The van der Waals surface area contributed by atoms with Crippen molar-refractivity contribution in [3.63, 3.8) is 0 Å². The van der Waals surface area contributed by atoms with E-state index < -0.39 is 0 Å². The number of carbonyl (C=O) groups excluding carboxylic acids is 1. The molecule has 2 aliphatic heterocycles. The number of hydrogen-bond donors (Lipinski definition) is 1. The molecule has 1 amide bonds. The Labute approximate surface area is 166 Å². The lowest BCUT2D eigenvalue weighted by molar-refractivity contribution is -0.0417. The molecule has 0 radical (unpaired) electrons. The molecule has 28 heavy (non-hydrogen) atoms. The molecule has 0 aliphatic carbocycles. The van der Waals surface area contributed by atoms with E-state index in [1.807, 2.05) is 9.47 Å². The molecule has 2 aromatic rings. The molecule has 1 aromatic heterocycles. The highest BCUT2D eigenvalue weighted by Gasteiger charge is 2.35. The number of hydrogen-bond acceptors (Lipinski definition) is 4. The van der Waals surface area contributed by atoms with Crippen LogP contribution in [0.25, 0.3) is 0 Å². The van der Waals surface area contributed by atoms with Crippen molar-refractivity contribution in [2.24, 2.45) is 0 Å². The summed E-state index contributed by atoms with van der Waals surface area (Å²) < 4.78 is 7.90. The van der Waals surface area contributed by atoms with Gasteiger partial charge < -0.3 is 19.5 Å². The number of aromatic nitrogens is 2. The van der Waals surface area contributed by atoms with Crippen molar-refractivity contribution in [3.05, 3.63) is 53.6 Å². The van der Waals surface area contributed by atoms with E-state index in [9.17, 15) is 4.79 Å². The Morgan fingerprint density at radius 1 is 1.25 bits per heavy atom. The van der Waals surface area contributed by atoms with E-state index in [0.29, 0.717) is 30.8 Å². The SMILES string of the molecule is CC(C)c1ccccc1[C@H](C)n1cncc1C(=O)N1CC[C@H]2NCCO[C@@H]2C1. The van der Waals surface area contributed by atoms with Crippen LogP contribution in [0, 0.1) is 0 Å². The van der Waals surface area contributed by atoms with Gasteiger partial charge in [0, 0.05) is 25.7 Å². The summed E-state index contributed by atoms with van der Waals surface area (Å²) in [6.07, 6.45) is 4.49. The van der Waals surface area contributed by atoms with Crippen molar-refractivity contribution in [1.82, 2.24) is 19.8 Å². The minimum atomic E-state index is 0.0407. The summed E-state index contributed by atoms with van der Waals surface area (Å²) in [5, 5.41) is 3.50. The molecule has 3 heterocycles. The summed E-state index contributed by atoms with van der Waals surface area (Å²) in [5.74, 6) is 0.468. The average molecular weight is 383 g/mol. The first-order valence-corrected chi connectivity index (χ1v) is 10.3. The summed E-state index contributed by atoms with van der Waals surface area (Å²) >= 11 is 0. The molecule has 150 valence electrons. The first-order chi connectivity index (χ1) is 13.6. The second kappa shape index (κ2) is 8.05. The summed E-state index contributed by atoms with van der Waals surface area (Å²) in [4.78, 5) is 19.5. The maximum atomic E-state index is 13.3. The molecule has 0 spiro atoms. The van der Waals surface area contributed by atoms with Gasteiger partial charge in [-0.2, -0.15) is 0 Å². The van der Waals surface area contributed by atoms with E-state index in [4.69, 9.17) is 4.74 Å². The van der Waals surface area contributed by atoms with Gasteiger partial charge in [-0.25, -0.2) is 4.98 Å². The molecule has 0 saturated carbocycles. The van der Waals surface area contributed by atoms with E-state index in [1.54, 1.807) is 12.5 Å². The summed E-state index contributed by atoms with van der Waals surface area (Å²) in [7, 11) is 0. The van der Waals surface area contributed by atoms with Crippen LogP contribution in [0.1, 0.15) is 60.8 Å². The lowest BCUT2D eigenvalue weighted by Gasteiger charge is -2.41. The number of benzene rings is 1. The minimum absolute atomic E-state index is 0.0407. The maximum Gasteiger partial charge on any atom is 0.272 e. The molecule has 3 atom stereocenters. The zero-order chi connectivity index (χ0) is 19.7. The number of likely N-dealkylation sites (tertiary alicyclic amines) is 1. The molecule has 2 fully saturated rings. The van der Waals surface area contributed by atoms with Gasteiger partial charge in [0.25, 0.3) is 5.91 Å². The van der Waals surface area contributed by atoms with E-state index in [2.05, 4.69) is 55.3 Å². The van der Waals surface area contributed by atoms with Gasteiger partial charge in [0.1, 0.15) is 5.69 Å². The van der Waals surface area contributed by atoms with Gasteiger partial charge >= 0.3 is 0 Å². The van der Waals surface area contributed by atoms with Gasteiger partial charge in [-0.3, -0.25) is 4.79 Å². The zero-order valence-corrected chi connectivity index (χ0v) is 17.0. The summed E-state index contributed by atoms with van der Waals surface area (Å²) in [5.41, 5.74) is 3.20. The summed E-state index contributed by atoms with van der Waals surface area (Å²) in [6.45, 7) is 9.54. The van der Waals surface area contributed by atoms with Crippen molar-refractivity contribution in [3.8, 4) is 0 Å². The Kier molecular flexibility index (Phi) is 5.51. The predicted octanol–water partition coefficient (Wildman–Crippen LogP) is 2.82. The molecule has 2 saturated heterocycles. The van der Waals surface area contributed by atoms with Crippen LogP contribution in [0.5, 0.6) is 0 Å². The Morgan fingerprint density at radius 3 is 2.82 bits per heavy atom. The Hall–Kier alpha value is -2.18. The van der Waals surface area contributed by atoms with Crippen LogP contribution in [0.4, 0.5) is 0 Å². The minimum Gasteiger partial charge on any atom is -0.373 e. The Balaban J connectivity index is 1.56. The van der Waals surface area contributed by atoms with Gasteiger partial charge in [-0.05, 0) is 30.4 Å². The molecule has 1 N–H and O–H groups in total. The smallest absolute Gasteiger partial charge is 0.272 e. The molecule has 6 nitrogen and oxygen atoms in total. The third-order valence-electron chi connectivity index (χ3n) is 6.06. The quantitative estimate of drug-likeness (QED) is 0.883. The van der Waals surface area contributed by atoms with E-state index in [-0.39, 0.29) is 18.1 Å². The fourth-order valence-corrected chi connectivity index (χ4v) is 4.47. The number of ether oxygens (including phenoxy) is 1. The second-order valence-corrected chi connectivity index (χ2v) is 8.16. The number of fused-ring (bicyclic) bond motifs is 1. The third kappa shape index (κ3) is 3.59. The average Bonchev–Trinajstić information content (AvgIpc) is 3.22. The normalized spacial score (nSPS) is 23.5. The fraction of sp³-hybridized carbons (Fsp3) is 0.545. The van der Waals surface area contributed by atoms with Crippen molar-refractivity contribution >= 4 is 5.91 Å². The second-order valence-electron chi connectivity index (χ2n) is 8.16. The van der Waals surface area contributed by atoms with E-state index >= 15 is 0 Å². The lowest BCUT2D eigenvalue weighted by atomic mass is 9.93. The van der Waals surface area contributed by atoms with Crippen molar-refractivity contribution in [1.29, 1.82) is 0 Å². The molecular formula is C22H30N4O2. The van der Waals surface area contributed by atoms with E-state index in [1.165, 1.54) is 11.1 Å². The summed E-state index contributed by atoms with van der Waals surface area (Å²) in [6, 6.07) is 8.88. The van der Waals surface area contributed by atoms with Crippen LogP contribution < -0.4 is 5.32 Å². The molecule has 1 aromatic carbocycles. The predicted molar refractivity (Wildman–Crippen MR) is 109 cm³/mol. The molecule has 2 aliphatic rings. The number of nitrogens with one attached hydrogen (secondary N) is 1. The number of piperidine rings is 1. The van der Waals surface area contributed by atoms with Crippen molar-refractivity contribution in [2.45, 2.75) is 51.3 Å². The topological polar surface area (TPSA) is 59.4 Å². The fourth-order valence-electron chi connectivity index (χ4n) is 4.47. The molecule has 0 unspecified atom stereocenters. The molecular weight excluding hydrogens is 352 g/mol. The van der Waals surface area contributed by atoms with Crippen LogP contribution in [0.3, 0.4) is 0 Å². The number of morpholine rings is 1. The Morgan fingerprint density at radius 2 is 2.04 bits per heavy atom. The number of carbonyl (C=O) groups is 1. The van der Waals surface area contributed by atoms with Crippen LogP contribution in [-0.4, -0.2) is 58.7 Å². The number of amides is 1. The Bertz CT molecular complexity index is 831. The first kappa shape index (κ1) is 19.2. The van der Waals surface area contributed by atoms with Gasteiger partial charge in [0.15, 0.2) is 0 Å². The highest BCUT2D eigenvalue weighted by Crippen LogP contribution is 2.29. The van der Waals surface area contributed by atoms with Gasteiger partial charge in [0.2, 0.25) is 0 Å². The van der Waals surface area contributed by atoms with Crippen molar-refractivity contribution < 1.29 is 9.53 Å². The van der Waals surface area contributed by atoms with Crippen LogP contribution >= 0.6 is 0 Å². The standard InChI is InChI=1S/C22H30N4O2/c1-15(2)17-6-4-5-7-18(17)16(3)26-14-23-12-20(26)22(27)25-10-8-19-21(13-25)28-11-9-24-19/h4-7,12,14-16,19,21,24H,8-11,13H2,1-3H3/t16-,19+,21+/m0/s1. The van der Waals surface area contributed by atoms with Crippen LogP contribution in [-0.2, 0) is 4.74 Å². The number of nitrogens with zero attached hydrogens (tertiary/aromatic N) is 3. The van der Waals surface area contributed by atoms with Gasteiger partial charge in [-0.1, -0.05) is 38.1 Å². The molecule has 0 bridgehead atoms. The van der Waals surface area contributed by atoms with Crippen LogP contribution in [0.2, 0.25) is 0 Å².